The molecule has 31 heavy (non-hydrogen) atoms. The van der Waals surface area contributed by atoms with Gasteiger partial charge in [0.15, 0.2) is 0 Å². The van der Waals surface area contributed by atoms with Crippen LogP contribution in [-0.4, -0.2) is 0 Å². The van der Waals surface area contributed by atoms with Crippen LogP contribution in [-0.2, 0) is 0 Å². The quantitative estimate of drug-likeness (QED) is 0.302. The second-order valence-electron chi connectivity index (χ2n) is 5.07. The van der Waals surface area contributed by atoms with Gasteiger partial charge >= 0.3 is 41.7 Å². The normalized spacial score (nSPS) is 8.61. The van der Waals surface area contributed by atoms with E-state index in [0.717, 1.165) is 0 Å². The van der Waals surface area contributed by atoms with Crippen LogP contribution in [0, 0.1) is 72.1 Å². The number of hydrogen-bond donors (Lipinski definition) is 0. The minimum absolute atomic E-state index is 0. The Labute approximate surface area is 210 Å². The molecule has 0 fully saturated rings. The Kier molecular flexibility index (Phi) is 15.3. The van der Waals surface area contributed by atoms with E-state index in [4.69, 9.17) is 0 Å². The molecule has 0 amide bonds. The first-order chi connectivity index (χ1) is 14.5. The van der Waals surface area contributed by atoms with Gasteiger partial charge in [-0.2, -0.15) is 0 Å². The van der Waals surface area contributed by atoms with Crippen molar-refractivity contribution in [2.75, 3.05) is 15.5 Å². The van der Waals surface area contributed by atoms with Crippen molar-refractivity contribution in [2.45, 2.75) is 0 Å². The molecule has 3 rings (SSSR count). The summed E-state index contributed by atoms with van der Waals surface area (Å²) in [6, 6.07) is 24.3. The van der Waals surface area contributed by atoms with Crippen LogP contribution in [0.5, 0.6) is 0 Å². The van der Waals surface area contributed by atoms with E-state index in [-0.39, 0.29) is 74.3 Å². The van der Waals surface area contributed by atoms with Crippen molar-refractivity contribution in [2.24, 2.45) is 15.9 Å². The Morgan fingerprint density at radius 1 is 0.452 bits per heavy atom. The van der Waals surface area contributed by atoms with Crippen LogP contribution in [0.3, 0.4) is 0 Å². The van der Waals surface area contributed by atoms with Crippen molar-refractivity contribution in [3.63, 3.8) is 0 Å². The van der Waals surface area contributed by atoms with E-state index in [0.29, 0.717) is 0 Å². The monoisotopic (exact) mass is 551 g/mol. The number of para-hydroxylation sites is 3. The molecule has 1 radical (unpaired) electrons. The molecule has 0 saturated heterocycles. The zero-order valence-electron chi connectivity index (χ0n) is 15.8. The van der Waals surface area contributed by atoms with E-state index in [1.165, 1.54) is 36.4 Å². The molecule has 0 spiro atoms. The molecule has 12 nitrogen and oxygen atoms in total. The van der Waals surface area contributed by atoms with Gasteiger partial charge in [-0.3, -0.25) is 15.5 Å². The molecule has 13 heteroatoms. The Morgan fingerprint density at radius 2 is 0.645 bits per heavy atom. The molecule has 0 aliphatic rings. The van der Waals surface area contributed by atoms with Crippen molar-refractivity contribution in [3.05, 3.63) is 121 Å². The largest absolute Gasteiger partial charge is 3.00 e. The summed E-state index contributed by atoms with van der Waals surface area (Å²) < 4.78 is 0. The average molecular weight is 551 g/mol. The summed E-state index contributed by atoms with van der Waals surface area (Å²) in [6.07, 6.45) is 0. The summed E-state index contributed by atoms with van der Waals surface area (Å²) in [4.78, 5) is 29.0. The Bertz CT molecular complexity index is 761. The molecule has 0 atom stereocenters. The standard InChI is InChI=1S/3C6H5N2O2.Ce/c3*9-7-8(10)6-4-2-1-3-5-6;/h3*1-5H;/q3*-1;+3. The van der Waals surface area contributed by atoms with Crippen molar-refractivity contribution in [1.29, 1.82) is 0 Å². The summed E-state index contributed by atoms with van der Waals surface area (Å²) in [5.74, 6) is 0. The summed E-state index contributed by atoms with van der Waals surface area (Å²) >= 11 is 0. The molecule has 0 aromatic heterocycles. The van der Waals surface area contributed by atoms with Gasteiger partial charge in [0.2, 0.25) is 0 Å². The zero-order chi connectivity index (χ0) is 22.2. The van der Waals surface area contributed by atoms with E-state index in [1.807, 2.05) is 0 Å². The minimum atomic E-state index is 0. The first kappa shape index (κ1) is 28.1. The van der Waals surface area contributed by atoms with E-state index in [2.05, 4.69) is 15.9 Å². The summed E-state index contributed by atoms with van der Waals surface area (Å²) in [6.45, 7) is 0. The maximum Gasteiger partial charge on any atom is 3.00 e. The van der Waals surface area contributed by atoms with Gasteiger partial charge in [-0.15, -0.1) is 14.7 Å². The third-order valence-corrected chi connectivity index (χ3v) is 3.15. The Hall–Kier alpha value is -2.88. The molecule has 0 bridgehead atoms. The molecule has 157 valence electrons. The van der Waals surface area contributed by atoms with E-state index in [1.54, 1.807) is 54.6 Å². The molecular weight excluding hydrogens is 536 g/mol. The molecule has 3 aromatic carbocycles. The van der Waals surface area contributed by atoms with E-state index >= 15 is 0 Å². The number of nitrogens with zero attached hydrogens (tertiary/aromatic N) is 6. The summed E-state index contributed by atoms with van der Waals surface area (Å²) in [5.41, 5.74) is 0.743. The first-order valence-corrected chi connectivity index (χ1v) is 8.10. The molecule has 0 N–H and O–H groups in total. The van der Waals surface area contributed by atoms with Crippen molar-refractivity contribution < 1.29 is 41.7 Å². The predicted molar refractivity (Wildman–Crippen MR) is 114 cm³/mol. The fraction of sp³-hybridized carbons (Fsp3) is 0. The molecular formula is C18H15CeN6O6. The Morgan fingerprint density at radius 3 is 0.806 bits per heavy atom. The number of hydrogen-bond acceptors (Lipinski definition) is 9. The number of nitroso groups, excluding NO2 is 3. The van der Waals surface area contributed by atoms with E-state index < -0.39 is 0 Å². The fourth-order valence-electron chi connectivity index (χ4n) is 1.81. The second kappa shape index (κ2) is 16.9. The van der Waals surface area contributed by atoms with Crippen LogP contribution in [0.4, 0.5) is 17.1 Å². The number of anilines is 3. The van der Waals surface area contributed by atoms with Gasteiger partial charge in [-0.1, -0.05) is 54.6 Å². The van der Waals surface area contributed by atoms with Gasteiger partial charge in [0.1, 0.15) is 0 Å². The molecule has 0 heterocycles. The summed E-state index contributed by atoms with van der Waals surface area (Å²) in [5, 5.41) is 38.0. The van der Waals surface area contributed by atoms with Gasteiger partial charge in [-0.25, -0.2) is 0 Å². The third-order valence-electron chi connectivity index (χ3n) is 3.15. The minimum Gasteiger partial charge on any atom is -0.735 e. The van der Waals surface area contributed by atoms with Crippen molar-refractivity contribution in [1.82, 2.24) is 0 Å². The van der Waals surface area contributed by atoms with Crippen LogP contribution in [0.1, 0.15) is 0 Å². The van der Waals surface area contributed by atoms with Crippen LogP contribution >= 0.6 is 0 Å². The maximum absolute atomic E-state index is 10.5. The smallest absolute Gasteiger partial charge is 0.735 e. The second-order valence-corrected chi connectivity index (χ2v) is 5.07. The first-order valence-electron chi connectivity index (χ1n) is 8.10. The molecule has 3 aromatic rings. The van der Waals surface area contributed by atoms with Gasteiger partial charge < -0.3 is 15.6 Å². The van der Waals surface area contributed by atoms with Gasteiger partial charge in [0.05, 0.1) is 0 Å². The van der Waals surface area contributed by atoms with Crippen molar-refractivity contribution in [3.8, 4) is 0 Å². The van der Waals surface area contributed by atoms with Gasteiger partial charge in [0.25, 0.3) is 0 Å². The SMILES string of the molecule is O=NN([O-])c1ccccc1.O=NN([O-])c1ccccc1.O=NN([O-])c1ccccc1.[Ce+3]. The third kappa shape index (κ3) is 11.2. The van der Waals surface area contributed by atoms with E-state index in [9.17, 15) is 30.3 Å². The number of benzene rings is 3. The van der Waals surface area contributed by atoms with Crippen LogP contribution in [0.2, 0.25) is 0 Å². The zero-order valence-corrected chi connectivity index (χ0v) is 18.9. The summed E-state index contributed by atoms with van der Waals surface area (Å²) in [7, 11) is 0. The van der Waals surface area contributed by atoms with Crippen LogP contribution < -0.4 is 15.5 Å². The van der Waals surface area contributed by atoms with Crippen LogP contribution in [0.15, 0.2) is 107 Å². The molecule has 0 aliphatic heterocycles. The van der Waals surface area contributed by atoms with Crippen LogP contribution in [0.25, 0.3) is 0 Å². The van der Waals surface area contributed by atoms with Gasteiger partial charge in [-0.05, 0) is 36.4 Å². The molecule has 0 unspecified atom stereocenters. The fourth-order valence-corrected chi connectivity index (χ4v) is 1.81. The topological polar surface area (TPSA) is 167 Å². The van der Waals surface area contributed by atoms with Crippen molar-refractivity contribution >= 4 is 17.1 Å². The Balaban J connectivity index is 0.000000429. The molecule has 0 saturated carbocycles. The predicted octanol–water partition coefficient (Wildman–Crippen LogP) is 5.02. The molecule has 0 aliphatic carbocycles. The van der Waals surface area contributed by atoms with Gasteiger partial charge in [0, 0.05) is 32.9 Å². The number of rotatable bonds is 6. The maximum atomic E-state index is 10.5. The average Bonchev–Trinajstić information content (AvgIpc) is 2.85.